The van der Waals surface area contributed by atoms with Crippen LogP contribution >= 0.6 is 0 Å². The number of amides is 2. The van der Waals surface area contributed by atoms with Crippen LogP contribution in [0.2, 0.25) is 0 Å². The number of nitrogens with zero attached hydrogens (tertiary/aromatic N) is 4. The number of nitrogens with one attached hydrogen (secondary N) is 2. The number of aryl methyl sites for hydroxylation is 2. The van der Waals surface area contributed by atoms with E-state index in [0.29, 0.717) is 29.9 Å². The van der Waals surface area contributed by atoms with Gasteiger partial charge in [-0.2, -0.15) is 10.1 Å². The lowest BCUT2D eigenvalue weighted by molar-refractivity contribution is 0.232. The molecule has 0 radical (unpaired) electrons. The predicted octanol–water partition coefficient (Wildman–Crippen LogP) is 2.83. The zero-order chi connectivity index (χ0) is 17.4. The quantitative estimate of drug-likeness (QED) is 0.869. The Balaban J connectivity index is 1.49. The molecule has 0 aliphatic heterocycles. The highest BCUT2D eigenvalue weighted by molar-refractivity contribution is 5.89. The molecule has 0 spiro atoms. The smallest absolute Gasteiger partial charge is 0.321 e. The number of carbonyl (C=O) groups is 1. The maximum absolute atomic E-state index is 12.6. The average molecular weight is 344 g/mol. The van der Waals surface area contributed by atoms with Crippen molar-refractivity contribution in [3.63, 3.8) is 0 Å². The van der Waals surface area contributed by atoms with Crippen molar-refractivity contribution >= 4 is 11.8 Å². The Kier molecular flexibility index (Phi) is 3.97. The first-order valence-electron chi connectivity index (χ1n) is 9.06. The molecule has 0 atom stereocenters. The third kappa shape index (κ3) is 3.12. The van der Waals surface area contributed by atoms with E-state index in [9.17, 15) is 4.79 Å². The first-order chi connectivity index (χ1) is 12.1. The second kappa shape index (κ2) is 6.16. The Hall–Kier alpha value is -2.38. The molecule has 2 aromatic rings. The van der Waals surface area contributed by atoms with Crippen LogP contribution in [0.15, 0.2) is 10.6 Å². The van der Waals surface area contributed by atoms with Crippen molar-refractivity contribution in [2.75, 3.05) is 5.32 Å². The van der Waals surface area contributed by atoms with Crippen LogP contribution in [0, 0.1) is 0 Å². The Labute approximate surface area is 146 Å². The van der Waals surface area contributed by atoms with Crippen LogP contribution in [0.1, 0.15) is 68.8 Å². The summed E-state index contributed by atoms with van der Waals surface area (Å²) < 4.78 is 6.98. The van der Waals surface area contributed by atoms with Gasteiger partial charge >= 0.3 is 6.03 Å². The summed E-state index contributed by atoms with van der Waals surface area (Å²) in [6.45, 7) is 1.97. The normalized spacial score (nSPS) is 19.1. The van der Waals surface area contributed by atoms with Crippen LogP contribution < -0.4 is 10.6 Å². The minimum absolute atomic E-state index is 0.255. The Bertz CT molecular complexity index is 770. The zero-order valence-electron chi connectivity index (χ0n) is 14.7. The van der Waals surface area contributed by atoms with Crippen molar-refractivity contribution in [1.82, 2.24) is 25.2 Å². The van der Waals surface area contributed by atoms with Gasteiger partial charge in [0.25, 0.3) is 0 Å². The fourth-order valence-corrected chi connectivity index (χ4v) is 3.53. The molecule has 25 heavy (non-hydrogen) atoms. The second-order valence-corrected chi connectivity index (χ2v) is 7.09. The molecule has 0 saturated heterocycles. The molecule has 2 aromatic heterocycles. The summed E-state index contributed by atoms with van der Waals surface area (Å²) >= 11 is 0. The first-order valence-corrected chi connectivity index (χ1v) is 9.06. The molecule has 2 aliphatic carbocycles. The lowest BCUT2D eigenvalue weighted by Crippen LogP contribution is -2.46. The minimum Gasteiger partial charge on any atom is -0.339 e. The Morgan fingerprint density at radius 3 is 2.80 bits per heavy atom. The van der Waals surface area contributed by atoms with Gasteiger partial charge in [0.2, 0.25) is 5.89 Å². The van der Waals surface area contributed by atoms with Gasteiger partial charge in [-0.1, -0.05) is 24.9 Å². The summed E-state index contributed by atoms with van der Waals surface area (Å²) in [4.78, 5) is 17.1. The largest absolute Gasteiger partial charge is 0.339 e. The number of aromatic nitrogens is 4. The van der Waals surface area contributed by atoms with Gasteiger partial charge in [-0.3, -0.25) is 10.00 Å². The van der Waals surface area contributed by atoms with Gasteiger partial charge in [-0.05, 0) is 25.7 Å². The standard InChI is InChI=1S/C17H24N6O2/c1-3-14-19-15(22-25-14)17(8-4-5-9-17)20-16(24)18-13-10-12(11-6-7-11)21-23(13)2/h10-11H,3-9H2,1-2H3,(H2,18,20,24). The number of carbonyl (C=O) groups excluding carboxylic acids is 1. The highest BCUT2D eigenvalue weighted by Crippen LogP contribution is 2.40. The van der Waals surface area contributed by atoms with Crippen molar-refractivity contribution in [2.24, 2.45) is 7.05 Å². The molecule has 8 nitrogen and oxygen atoms in total. The van der Waals surface area contributed by atoms with Crippen molar-refractivity contribution in [3.8, 4) is 0 Å². The number of rotatable bonds is 5. The molecule has 8 heteroatoms. The van der Waals surface area contributed by atoms with E-state index < -0.39 is 5.54 Å². The van der Waals surface area contributed by atoms with Gasteiger partial charge in [0, 0.05) is 25.5 Å². The maximum Gasteiger partial charge on any atom is 0.321 e. The van der Waals surface area contributed by atoms with E-state index >= 15 is 0 Å². The van der Waals surface area contributed by atoms with Gasteiger partial charge in [-0.25, -0.2) is 4.79 Å². The molecule has 4 rings (SSSR count). The topological polar surface area (TPSA) is 97.9 Å². The van der Waals surface area contributed by atoms with E-state index in [-0.39, 0.29) is 6.03 Å². The molecule has 2 saturated carbocycles. The lowest BCUT2D eigenvalue weighted by Gasteiger charge is -2.26. The molecular weight excluding hydrogens is 320 g/mol. The Morgan fingerprint density at radius 1 is 1.40 bits per heavy atom. The summed E-state index contributed by atoms with van der Waals surface area (Å²) in [5.41, 5.74) is 0.512. The zero-order valence-corrected chi connectivity index (χ0v) is 14.7. The fraction of sp³-hybridized carbons (Fsp3) is 0.647. The third-order valence-corrected chi connectivity index (χ3v) is 5.14. The SMILES string of the molecule is CCc1nc(C2(NC(=O)Nc3cc(C4CC4)nn3C)CCCC2)no1. The number of hydrogen-bond donors (Lipinski definition) is 2. The highest BCUT2D eigenvalue weighted by atomic mass is 16.5. The summed E-state index contributed by atoms with van der Waals surface area (Å²) in [6, 6.07) is 1.71. The molecule has 0 unspecified atom stereocenters. The molecule has 2 N–H and O–H groups in total. The van der Waals surface area contributed by atoms with Crippen LogP contribution in [0.4, 0.5) is 10.6 Å². The van der Waals surface area contributed by atoms with Crippen LogP contribution in [-0.4, -0.2) is 26.0 Å². The summed E-state index contributed by atoms with van der Waals surface area (Å²) in [5.74, 6) is 2.44. The third-order valence-electron chi connectivity index (χ3n) is 5.14. The molecule has 2 fully saturated rings. The van der Waals surface area contributed by atoms with Crippen molar-refractivity contribution in [1.29, 1.82) is 0 Å². The molecule has 0 aromatic carbocycles. The fourth-order valence-electron chi connectivity index (χ4n) is 3.53. The van der Waals surface area contributed by atoms with E-state index in [0.717, 1.165) is 31.4 Å². The van der Waals surface area contributed by atoms with Crippen LogP contribution in [-0.2, 0) is 19.0 Å². The molecule has 134 valence electrons. The van der Waals surface area contributed by atoms with E-state index in [4.69, 9.17) is 4.52 Å². The van der Waals surface area contributed by atoms with Gasteiger partial charge in [-0.15, -0.1) is 0 Å². The number of urea groups is 1. The summed E-state index contributed by atoms with van der Waals surface area (Å²) in [6.07, 6.45) is 6.77. The number of hydrogen-bond acceptors (Lipinski definition) is 5. The molecule has 0 bridgehead atoms. The monoisotopic (exact) mass is 344 g/mol. The van der Waals surface area contributed by atoms with E-state index in [1.165, 1.54) is 12.8 Å². The minimum atomic E-state index is -0.543. The summed E-state index contributed by atoms with van der Waals surface area (Å²) in [5, 5.41) is 14.6. The van der Waals surface area contributed by atoms with Crippen molar-refractivity contribution in [3.05, 3.63) is 23.5 Å². The lowest BCUT2D eigenvalue weighted by atomic mass is 9.97. The first kappa shape index (κ1) is 16.1. The van der Waals surface area contributed by atoms with Crippen LogP contribution in [0.3, 0.4) is 0 Å². The summed E-state index contributed by atoms with van der Waals surface area (Å²) in [7, 11) is 1.85. The van der Waals surface area contributed by atoms with E-state index in [2.05, 4.69) is 25.9 Å². The van der Waals surface area contributed by atoms with Crippen LogP contribution in [0.5, 0.6) is 0 Å². The highest BCUT2D eigenvalue weighted by Gasteiger charge is 2.41. The van der Waals surface area contributed by atoms with Gasteiger partial charge < -0.3 is 9.84 Å². The van der Waals surface area contributed by atoms with E-state index in [1.54, 1.807) is 4.68 Å². The van der Waals surface area contributed by atoms with Crippen molar-refractivity contribution < 1.29 is 9.32 Å². The van der Waals surface area contributed by atoms with Gasteiger partial charge in [0.1, 0.15) is 11.4 Å². The van der Waals surface area contributed by atoms with Crippen molar-refractivity contribution in [2.45, 2.75) is 63.3 Å². The average Bonchev–Trinajstić information content (AvgIpc) is 2.98. The van der Waals surface area contributed by atoms with E-state index in [1.807, 2.05) is 20.0 Å². The number of anilines is 1. The second-order valence-electron chi connectivity index (χ2n) is 7.09. The Morgan fingerprint density at radius 2 is 2.16 bits per heavy atom. The van der Waals surface area contributed by atoms with Crippen LogP contribution in [0.25, 0.3) is 0 Å². The molecule has 2 aliphatic rings. The molecular formula is C17H24N6O2. The molecule has 2 heterocycles. The van der Waals surface area contributed by atoms with Gasteiger partial charge in [0.05, 0.1) is 5.69 Å². The predicted molar refractivity (Wildman–Crippen MR) is 91.2 cm³/mol. The van der Waals surface area contributed by atoms with Gasteiger partial charge in [0.15, 0.2) is 5.82 Å². The maximum atomic E-state index is 12.6. The molecule has 2 amide bonds.